The Hall–Kier alpha value is -7.96. The molecule has 0 bridgehead atoms. The van der Waals surface area contributed by atoms with Crippen LogP contribution in [0.5, 0.6) is 23.0 Å². The van der Waals surface area contributed by atoms with Crippen molar-refractivity contribution in [2.75, 3.05) is 23.7 Å². The molecule has 8 rings (SSSR count). The van der Waals surface area contributed by atoms with E-state index in [0.29, 0.717) is 62.4 Å². The largest absolute Gasteiger partial charge is 0.478 e. The number of anilines is 2. The smallest absolute Gasteiger partial charge is 0.390 e. The van der Waals surface area contributed by atoms with Crippen molar-refractivity contribution >= 4 is 45.2 Å². The lowest BCUT2D eigenvalue weighted by molar-refractivity contribution is -0.132. The van der Waals surface area contributed by atoms with E-state index in [1.54, 1.807) is 77.8 Å². The van der Waals surface area contributed by atoms with Crippen molar-refractivity contribution in [3.05, 3.63) is 156 Å². The van der Waals surface area contributed by atoms with Crippen LogP contribution >= 0.6 is 0 Å². The third-order valence-corrected chi connectivity index (χ3v) is 10.6. The van der Waals surface area contributed by atoms with Gasteiger partial charge in [0.25, 0.3) is 0 Å². The molecule has 0 amide bonds. The Labute approximate surface area is 389 Å². The number of fused-ring (bicyclic) bond motifs is 2. The summed E-state index contributed by atoms with van der Waals surface area (Å²) < 4.78 is 118. The SMILES string of the molecule is CCC(=O)c1ccc(-n2cnc3c(NCCC(F)(F)F)cc(Oc4cccc(F)c4)cc32)cc1C.Cc1cc(-n2cnc3c(NCCC(F)(F)F)cc(Oc4cccc(F)c4)cc32)ccc1C(=O)O. The van der Waals surface area contributed by atoms with Crippen LogP contribution in [-0.2, 0) is 0 Å². The quantitative estimate of drug-likeness (QED) is 0.0678. The molecular weight excluding hydrogens is 917 g/mol. The van der Waals surface area contributed by atoms with Gasteiger partial charge in [-0.05, 0) is 85.6 Å². The van der Waals surface area contributed by atoms with Gasteiger partial charge in [-0.25, -0.2) is 23.5 Å². The van der Waals surface area contributed by atoms with Gasteiger partial charge in [-0.15, -0.1) is 0 Å². The van der Waals surface area contributed by atoms with Gasteiger partial charge in [-0.2, -0.15) is 26.3 Å². The maximum absolute atomic E-state index is 13.6. The fraction of sp³-hybridized carbons (Fsp3) is 0.200. The first-order valence-electron chi connectivity index (χ1n) is 21.2. The van der Waals surface area contributed by atoms with Gasteiger partial charge in [-0.3, -0.25) is 13.9 Å². The number of carbonyl (C=O) groups excluding carboxylic acids is 1. The lowest BCUT2D eigenvalue weighted by atomic mass is 10.0. The van der Waals surface area contributed by atoms with E-state index in [2.05, 4.69) is 20.6 Å². The van der Waals surface area contributed by atoms with Gasteiger partial charge in [0, 0.05) is 72.8 Å². The van der Waals surface area contributed by atoms with Crippen LogP contribution in [0.2, 0.25) is 0 Å². The number of nitrogens with zero attached hydrogens (tertiary/aromatic N) is 4. The van der Waals surface area contributed by atoms with Crippen molar-refractivity contribution in [2.45, 2.75) is 52.4 Å². The number of ketones is 1. The molecule has 0 fully saturated rings. The number of carboxylic acids is 1. The molecule has 0 unspecified atom stereocenters. The van der Waals surface area contributed by atoms with E-state index in [4.69, 9.17) is 9.47 Å². The number of benzene rings is 6. The van der Waals surface area contributed by atoms with Crippen LogP contribution in [0.4, 0.5) is 46.5 Å². The number of aromatic nitrogens is 4. The molecule has 0 saturated heterocycles. The number of halogens is 8. The zero-order valence-corrected chi connectivity index (χ0v) is 37.0. The van der Waals surface area contributed by atoms with Crippen molar-refractivity contribution in [2.24, 2.45) is 0 Å². The Balaban J connectivity index is 0.000000204. The minimum atomic E-state index is -4.33. The Morgan fingerprint density at radius 2 is 1.03 bits per heavy atom. The standard InChI is InChI=1S/C26H23F4N3O2.C24H19F4N3O3/c1-3-24(34)21-8-7-18(11-16(21)2)33-15-32-25-22(31-10-9-26(28,29)30)13-20(14-23(25)33)35-19-6-4-5-17(27)12-19;1-14-9-16(5-6-19(14)23(32)33)31-13-30-22-20(29-8-7-24(26,27)28)11-18(12-21(22)31)34-17-4-2-3-15(25)10-17/h4-8,11-15,31H,3,9-10H2,1-2H3;2-6,9-13,29H,7-8H2,1H3,(H,32,33). The maximum Gasteiger partial charge on any atom is 0.390 e. The van der Waals surface area contributed by atoms with Gasteiger partial charge < -0.3 is 25.2 Å². The van der Waals surface area contributed by atoms with Crippen LogP contribution in [-0.4, -0.2) is 61.4 Å². The highest BCUT2D eigenvalue weighted by molar-refractivity contribution is 5.98. The molecule has 0 aliphatic heterocycles. The average Bonchev–Trinajstić information content (AvgIpc) is 3.90. The number of carboxylic acid groups (broad SMARTS) is 1. The summed E-state index contributed by atoms with van der Waals surface area (Å²) in [6, 6.07) is 27.5. The highest BCUT2D eigenvalue weighted by Crippen LogP contribution is 2.36. The molecule has 0 aliphatic carbocycles. The average molecular weight is 959 g/mol. The Morgan fingerprint density at radius 3 is 1.41 bits per heavy atom. The summed E-state index contributed by atoms with van der Waals surface area (Å²) in [6.07, 6.45) is -7.26. The Kier molecular flexibility index (Phi) is 14.5. The molecule has 3 N–H and O–H groups in total. The first-order valence-corrected chi connectivity index (χ1v) is 21.2. The molecule has 6 aromatic carbocycles. The second-order valence-corrected chi connectivity index (χ2v) is 15.7. The normalized spacial score (nSPS) is 11.6. The second kappa shape index (κ2) is 20.5. The molecule has 0 radical (unpaired) electrons. The van der Waals surface area contributed by atoms with Crippen LogP contribution in [0.1, 0.15) is 58.0 Å². The van der Waals surface area contributed by atoms with E-state index in [9.17, 15) is 49.8 Å². The van der Waals surface area contributed by atoms with Gasteiger partial charge in [0.15, 0.2) is 5.78 Å². The lowest BCUT2D eigenvalue weighted by Gasteiger charge is -2.14. The number of hydrogen-bond acceptors (Lipinski definition) is 8. The van der Waals surface area contributed by atoms with Crippen molar-refractivity contribution in [1.82, 2.24) is 19.1 Å². The van der Waals surface area contributed by atoms with Gasteiger partial charge in [0.2, 0.25) is 0 Å². The van der Waals surface area contributed by atoms with E-state index < -0.39 is 42.8 Å². The fourth-order valence-corrected chi connectivity index (χ4v) is 7.33. The number of rotatable bonds is 15. The summed E-state index contributed by atoms with van der Waals surface area (Å²) in [5, 5.41) is 14.8. The molecule has 0 spiro atoms. The second-order valence-electron chi connectivity index (χ2n) is 15.7. The number of imidazole rings is 2. The third kappa shape index (κ3) is 12.3. The summed E-state index contributed by atoms with van der Waals surface area (Å²) >= 11 is 0. The van der Waals surface area contributed by atoms with Crippen LogP contribution in [0.3, 0.4) is 0 Å². The van der Waals surface area contributed by atoms with Crippen LogP contribution in [0.25, 0.3) is 33.4 Å². The highest BCUT2D eigenvalue weighted by Gasteiger charge is 2.28. The van der Waals surface area contributed by atoms with Crippen molar-refractivity contribution < 1.29 is 59.3 Å². The number of aryl methyl sites for hydroxylation is 2. The minimum absolute atomic E-state index is 0.0338. The van der Waals surface area contributed by atoms with E-state index in [1.165, 1.54) is 60.9 Å². The molecule has 0 atom stereocenters. The predicted octanol–water partition coefficient (Wildman–Crippen LogP) is 13.6. The molecule has 2 aromatic heterocycles. The summed E-state index contributed by atoms with van der Waals surface area (Å²) in [6.45, 7) is 4.58. The van der Waals surface area contributed by atoms with Crippen molar-refractivity contribution in [1.29, 1.82) is 0 Å². The van der Waals surface area contributed by atoms with Crippen LogP contribution < -0.4 is 20.1 Å². The van der Waals surface area contributed by atoms with Gasteiger partial charge in [0.05, 0.1) is 40.8 Å². The molecule has 69 heavy (non-hydrogen) atoms. The zero-order chi connectivity index (χ0) is 49.6. The van der Waals surface area contributed by atoms with Crippen molar-refractivity contribution in [3.8, 4) is 34.4 Å². The van der Waals surface area contributed by atoms with E-state index >= 15 is 0 Å². The summed E-state index contributed by atoms with van der Waals surface area (Å²) in [4.78, 5) is 32.2. The number of carbonyl (C=O) groups is 2. The van der Waals surface area contributed by atoms with Gasteiger partial charge >= 0.3 is 18.3 Å². The molecule has 11 nitrogen and oxygen atoms in total. The first-order chi connectivity index (χ1) is 32.7. The first kappa shape index (κ1) is 49.0. The van der Waals surface area contributed by atoms with E-state index in [-0.39, 0.29) is 41.7 Å². The van der Waals surface area contributed by atoms with E-state index in [1.807, 2.05) is 13.0 Å². The topological polar surface area (TPSA) is 133 Å². The number of hydrogen-bond donors (Lipinski definition) is 3. The molecular formula is C50H42F8N6O5. The summed E-state index contributed by atoms with van der Waals surface area (Å²) in [5.74, 6) is -0.978. The number of Topliss-reactive ketones (excluding diaryl/α,β-unsaturated/α-hetero) is 1. The van der Waals surface area contributed by atoms with Gasteiger partial charge in [0.1, 0.15) is 58.3 Å². The number of aromatic carboxylic acids is 1. The molecule has 19 heteroatoms. The number of nitrogens with one attached hydrogen (secondary N) is 2. The predicted molar refractivity (Wildman–Crippen MR) is 244 cm³/mol. The van der Waals surface area contributed by atoms with Gasteiger partial charge in [-0.1, -0.05) is 19.1 Å². The molecule has 8 aromatic rings. The summed E-state index contributed by atoms with van der Waals surface area (Å²) in [5.41, 5.74) is 6.03. The van der Waals surface area contributed by atoms with Crippen LogP contribution in [0, 0.1) is 25.5 Å². The molecule has 358 valence electrons. The number of ether oxygens (including phenoxy) is 2. The Bertz CT molecular complexity index is 3160. The molecule has 0 saturated carbocycles. The third-order valence-electron chi connectivity index (χ3n) is 10.6. The van der Waals surface area contributed by atoms with E-state index in [0.717, 1.165) is 11.3 Å². The van der Waals surface area contributed by atoms with Crippen molar-refractivity contribution in [3.63, 3.8) is 0 Å². The zero-order valence-electron chi connectivity index (χ0n) is 37.0. The highest BCUT2D eigenvalue weighted by atomic mass is 19.4. The van der Waals surface area contributed by atoms with Crippen LogP contribution in [0.15, 0.2) is 122 Å². The number of alkyl halides is 6. The fourth-order valence-electron chi connectivity index (χ4n) is 7.33. The molecule has 2 heterocycles. The monoisotopic (exact) mass is 958 g/mol. The Morgan fingerprint density at radius 1 is 0.594 bits per heavy atom. The summed E-state index contributed by atoms with van der Waals surface area (Å²) in [7, 11) is 0. The maximum atomic E-state index is 13.6. The lowest BCUT2D eigenvalue weighted by Crippen LogP contribution is -2.14. The molecule has 0 aliphatic rings. The minimum Gasteiger partial charge on any atom is -0.478 e.